The molecule has 0 fully saturated rings. The normalized spacial score (nSPS) is 11.1. The quantitative estimate of drug-likeness (QED) is 0.344. The maximum absolute atomic E-state index is 9.66. The Labute approximate surface area is 62.5 Å². The van der Waals surface area contributed by atoms with E-state index < -0.39 is 8.32 Å². The molecule has 0 aromatic carbocycles. The van der Waals surface area contributed by atoms with E-state index in [0.29, 0.717) is 19.7 Å². The third-order valence-electron chi connectivity index (χ3n) is 0.804. The van der Waals surface area contributed by atoms with Crippen molar-refractivity contribution < 1.29 is 14.0 Å². The van der Waals surface area contributed by atoms with E-state index in [0.717, 1.165) is 0 Å². The van der Waals surface area contributed by atoms with E-state index >= 15 is 0 Å². The van der Waals surface area contributed by atoms with Crippen LogP contribution in [0.25, 0.3) is 0 Å². The summed E-state index contributed by atoms with van der Waals surface area (Å²) in [7, 11) is -1.40. The zero-order chi connectivity index (χ0) is 8.04. The molecule has 60 valence electrons. The van der Waals surface area contributed by atoms with Crippen molar-refractivity contribution in [3.8, 4) is 0 Å². The molecule has 0 rings (SSSR count). The molecule has 0 heterocycles. The molecule has 0 aromatic rings. The van der Waals surface area contributed by atoms with Gasteiger partial charge in [-0.15, -0.1) is 0 Å². The maximum Gasteiger partial charge on any atom is 0.293 e. The predicted octanol–water partition coefficient (Wildman–Crippen LogP) is 1.01. The molecule has 0 spiro atoms. The van der Waals surface area contributed by atoms with Crippen molar-refractivity contribution in [1.29, 1.82) is 0 Å². The zero-order valence-electron chi connectivity index (χ0n) is 6.72. The van der Waals surface area contributed by atoms with E-state index in [4.69, 9.17) is 4.43 Å². The molecule has 10 heavy (non-hydrogen) atoms. The Bertz CT molecular complexity index is 97.7. The van der Waals surface area contributed by atoms with Gasteiger partial charge < -0.3 is 9.16 Å². The molecule has 3 nitrogen and oxygen atoms in total. The van der Waals surface area contributed by atoms with E-state index in [1.54, 1.807) is 0 Å². The van der Waals surface area contributed by atoms with Gasteiger partial charge in [-0.25, -0.2) is 0 Å². The molecule has 0 saturated carbocycles. The Kier molecular flexibility index (Phi) is 4.30. The Morgan fingerprint density at radius 2 is 1.90 bits per heavy atom. The number of ether oxygens (including phenoxy) is 1. The summed E-state index contributed by atoms with van der Waals surface area (Å²) in [6.07, 6.45) is 0. The fraction of sp³-hybridized carbons (Fsp3) is 0.833. The number of hydrogen-bond acceptors (Lipinski definition) is 3. The largest absolute Gasteiger partial charge is 0.466 e. The van der Waals surface area contributed by atoms with Gasteiger partial charge in [0.05, 0.1) is 6.61 Å². The minimum atomic E-state index is -1.40. The monoisotopic (exact) mass is 162 g/mol. The fourth-order valence-corrected chi connectivity index (χ4v) is 1.14. The Balaban J connectivity index is 3.12. The highest BCUT2D eigenvalue weighted by molar-refractivity contribution is 6.69. The minimum Gasteiger partial charge on any atom is -0.466 e. The van der Waals surface area contributed by atoms with Crippen LogP contribution in [0.2, 0.25) is 19.6 Å². The second kappa shape index (κ2) is 4.46. The predicted molar refractivity (Wildman–Crippen MR) is 41.3 cm³/mol. The van der Waals surface area contributed by atoms with Crippen LogP contribution >= 0.6 is 0 Å². The molecule has 0 saturated heterocycles. The molecule has 0 N–H and O–H groups in total. The van der Waals surface area contributed by atoms with E-state index in [1.807, 2.05) is 0 Å². The van der Waals surface area contributed by atoms with Crippen molar-refractivity contribution in [2.75, 3.05) is 13.2 Å². The van der Waals surface area contributed by atoms with Crippen molar-refractivity contribution in [1.82, 2.24) is 0 Å². The molecule has 0 bridgehead atoms. The third kappa shape index (κ3) is 7.65. The molecule has 0 aliphatic heterocycles. The lowest BCUT2D eigenvalue weighted by Crippen LogP contribution is -2.27. The third-order valence-corrected chi connectivity index (χ3v) is 1.87. The number of rotatable bonds is 5. The highest BCUT2D eigenvalue weighted by Gasteiger charge is 2.12. The van der Waals surface area contributed by atoms with Crippen LogP contribution in [0.15, 0.2) is 0 Å². The average molecular weight is 162 g/mol. The zero-order valence-corrected chi connectivity index (χ0v) is 7.72. The second-order valence-electron chi connectivity index (χ2n) is 2.93. The first-order valence-electron chi connectivity index (χ1n) is 3.25. The van der Waals surface area contributed by atoms with Crippen molar-refractivity contribution in [2.24, 2.45) is 0 Å². The first-order chi connectivity index (χ1) is 4.56. The molecule has 0 amide bonds. The number of hydrogen-bond donors (Lipinski definition) is 0. The smallest absolute Gasteiger partial charge is 0.293 e. The summed E-state index contributed by atoms with van der Waals surface area (Å²) in [5, 5.41) is 0. The van der Waals surface area contributed by atoms with Gasteiger partial charge in [-0.2, -0.15) is 0 Å². The molecule has 0 radical (unpaired) electrons. The maximum atomic E-state index is 9.66. The van der Waals surface area contributed by atoms with Crippen LogP contribution in [0.3, 0.4) is 0 Å². The SMILES string of the molecule is C[Si](C)(C)OCCOC=O. The topological polar surface area (TPSA) is 35.5 Å². The highest BCUT2D eigenvalue weighted by atomic mass is 28.4. The summed E-state index contributed by atoms with van der Waals surface area (Å²) in [5.41, 5.74) is 0. The molecule has 0 atom stereocenters. The molecule has 0 unspecified atom stereocenters. The Morgan fingerprint density at radius 1 is 1.30 bits per heavy atom. The van der Waals surface area contributed by atoms with Crippen LogP contribution in [0, 0.1) is 0 Å². The summed E-state index contributed by atoms with van der Waals surface area (Å²) < 4.78 is 9.83. The highest BCUT2D eigenvalue weighted by Crippen LogP contribution is 2.00. The van der Waals surface area contributed by atoms with Gasteiger partial charge in [-0.3, -0.25) is 4.79 Å². The first kappa shape index (κ1) is 9.65. The van der Waals surface area contributed by atoms with Gasteiger partial charge in [0, 0.05) is 0 Å². The van der Waals surface area contributed by atoms with Gasteiger partial charge in [0.2, 0.25) is 0 Å². The van der Waals surface area contributed by atoms with Crippen molar-refractivity contribution in [3.05, 3.63) is 0 Å². The van der Waals surface area contributed by atoms with Gasteiger partial charge >= 0.3 is 0 Å². The summed E-state index contributed by atoms with van der Waals surface area (Å²) in [6.45, 7) is 7.60. The fourth-order valence-electron chi connectivity index (χ4n) is 0.444. The van der Waals surface area contributed by atoms with E-state index in [1.165, 1.54) is 0 Å². The van der Waals surface area contributed by atoms with E-state index in [-0.39, 0.29) is 0 Å². The Morgan fingerprint density at radius 3 is 2.30 bits per heavy atom. The van der Waals surface area contributed by atoms with Gasteiger partial charge in [0.25, 0.3) is 6.47 Å². The standard InChI is InChI=1S/C6H14O3Si/c1-10(2,3)9-5-4-8-6-7/h6H,4-5H2,1-3H3. The summed E-state index contributed by atoms with van der Waals surface area (Å²) in [4.78, 5) is 9.66. The lowest BCUT2D eigenvalue weighted by molar-refractivity contribution is -0.129. The second-order valence-corrected chi connectivity index (χ2v) is 7.44. The van der Waals surface area contributed by atoms with Crippen LogP contribution in [-0.4, -0.2) is 28.0 Å². The van der Waals surface area contributed by atoms with E-state index in [9.17, 15) is 4.79 Å². The van der Waals surface area contributed by atoms with Gasteiger partial charge in [0.1, 0.15) is 6.61 Å². The van der Waals surface area contributed by atoms with E-state index in [2.05, 4.69) is 24.4 Å². The van der Waals surface area contributed by atoms with Crippen LogP contribution in [0.4, 0.5) is 0 Å². The van der Waals surface area contributed by atoms with Crippen LogP contribution in [0.5, 0.6) is 0 Å². The molecular formula is C6H14O3Si. The lowest BCUT2D eigenvalue weighted by atomic mass is 10.8. The molecule has 0 aliphatic carbocycles. The number of carbonyl (C=O) groups is 1. The average Bonchev–Trinajstić information content (AvgIpc) is 1.78. The van der Waals surface area contributed by atoms with Gasteiger partial charge in [-0.1, -0.05) is 0 Å². The van der Waals surface area contributed by atoms with Gasteiger partial charge in [0.15, 0.2) is 8.32 Å². The summed E-state index contributed by atoms with van der Waals surface area (Å²) in [5.74, 6) is 0. The van der Waals surface area contributed by atoms with Crippen molar-refractivity contribution in [2.45, 2.75) is 19.6 Å². The minimum absolute atomic E-state index is 0.369. The van der Waals surface area contributed by atoms with Crippen LogP contribution < -0.4 is 0 Å². The van der Waals surface area contributed by atoms with Crippen LogP contribution in [0.1, 0.15) is 0 Å². The van der Waals surface area contributed by atoms with Crippen molar-refractivity contribution in [3.63, 3.8) is 0 Å². The Hall–Kier alpha value is -0.353. The first-order valence-corrected chi connectivity index (χ1v) is 6.66. The van der Waals surface area contributed by atoms with Gasteiger partial charge in [-0.05, 0) is 19.6 Å². The summed E-state index contributed by atoms with van der Waals surface area (Å²) in [6, 6.07) is 0. The lowest BCUT2D eigenvalue weighted by Gasteiger charge is -2.15. The molecule has 0 aliphatic rings. The number of carbonyl (C=O) groups excluding carboxylic acids is 1. The van der Waals surface area contributed by atoms with Crippen molar-refractivity contribution >= 4 is 14.8 Å². The molecule has 4 heteroatoms. The molecule has 0 aromatic heterocycles. The summed E-state index contributed by atoms with van der Waals surface area (Å²) >= 11 is 0. The molecular weight excluding hydrogens is 148 g/mol. The van der Waals surface area contributed by atoms with Crippen LogP contribution in [-0.2, 0) is 14.0 Å².